The predicted octanol–water partition coefficient (Wildman–Crippen LogP) is 5.58. The molecule has 0 atom stereocenters. The molecule has 1 amide bonds. The van der Waals surface area contributed by atoms with Crippen LogP contribution in [0.3, 0.4) is 0 Å². The number of rotatable bonds is 8. The van der Waals surface area contributed by atoms with Crippen molar-refractivity contribution in [2.75, 3.05) is 7.11 Å². The maximum Gasteiger partial charge on any atom is 0.289 e. The highest BCUT2D eigenvalue weighted by Crippen LogP contribution is 2.30. The van der Waals surface area contributed by atoms with Gasteiger partial charge in [0.2, 0.25) is 0 Å². The molecule has 0 aliphatic carbocycles. The van der Waals surface area contributed by atoms with Crippen molar-refractivity contribution in [3.8, 4) is 22.8 Å². The number of aromatic amines is 1. The van der Waals surface area contributed by atoms with E-state index in [0.717, 1.165) is 27.8 Å². The van der Waals surface area contributed by atoms with E-state index < -0.39 is 5.91 Å². The fourth-order valence-corrected chi connectivity index (χ4v) is 3.87. The Hall–Kier alpha value is -4.91. The molecule has 0 saturated heterocycles. The van der Waals surface area contributed by atoms with Crippen LogP contribution in [0.2, 0.25) is 0 Å². The molecule has 7 heteroatoms. The van der Waals surface area contributed by atoms with Crippen LogP contribution in [0, 0.1) is 0 Å². The summed E-state index contributed by atoms with van der Waals surface area (Å²) in [5.74, 6) is 1.04. The lowest BCUT2D eigenvalue weighted by atomic mass is 10.1. The summed E-state index contributed by atoms with van der Waals surface area (Å²) in [6, 6.07) is 31.1. The van der Waals surface area contributed by atoms with Gasteiger partial charge in [0.15, 0.2) is 0 Å². The van der Waals surface area contributed by atoms with Gasteiger partial charge in [-0.2, -0.15) is 10.2 Å². The van der Waals surface area contributed by atoms with Crippen LogP contribution in [-0.4, -0.2) is 29.4 Å². The molecule has 0 radical (unpaired) electrons. The number of para-hydroxylation sites is 1. The number of methoxy groups -OCH3 is 1. The third-order valence-corrected chi connectivity index (χ3v) is 5.74. The van der Waals surface area contributed by atoms with Gasteiger partial charge in [-0.3, -0.25) is 9.89 Å². The number of benzene rings is 4. The SMILES string of the molecule is COc1ccc(/C=N\NC(=O)c2cc(-c3ccccc3OCc3cccc4ccccc34)n[nH]2)cc1. The number of hydrogen-bond acceptors (Lipinski definition) is 5. The lowest BCUT2D eigenvalue weighted by molar-refractivity contribution is 0.0950. The minimum absolute atomic E-state index is 0.292. The zero-order chi connectivity index (χ0) is 24.7. The molecule has 5 aromatic rings. The summed E-state index contributed by atoms with van der Waals surface area (Å²) >= 11 is 0. The quantitative estimate of drug-likeness (QED) is 0.226. The zero-order valence-electron chi connectivity index (χ0n) is 19.6. The fourth-order valence-electron chi connectivity index (χ4n) is 3.87. The monoisotopic (exact) mass is 476 g/mol. The number of hydrazone groups is 1. The van der Waals surface area contributed by atoms with Crippen LogP contribution in [0.4, 0.5) is 0 Å². The summed E-state index contributed by atoms with van der Waals surface area (Å²) in [5, 5.41) is 13.5. The van der Waals surface area contributed by atoms with Gasteiger partial charge in [0.25, 0.3) is 5.91 Å². The second-order valence-electron chi connectivity index (χ2n) is 8.06. The fraction of sp³-hybridized carbons (Fsp3) is 0.0690. The minimum atomic E-state index is -0.396. The van der Waals surface area contributed by atoms with E-state index in [1.54, 1.807) is 19.4 Å². The van der Waals surface area contributed by atoms with E-state index in [4.69, 9.17) is 9.47 Å². The number of nitrogens with zero attached hydrogens (tertiary/aromatic N) is 2. The van der Waals surface area contributed by atoms with E-state index >= 15 is 0 Å². The molecule has 1 heterocycles. The highest BCUT2D eigenvalue weighted by atomic mass is 16.5. The maximum atomic E-state index is 12.6. The van der Waals surface area contributed by atoms with Crippen molar-refractivity contribution in [2.24, 2.45) is 5.10 Å². The van der Waals surface area contributed by atoms with E-state index in [9.17, 15) is 4.79 Å². The highest BCUT2D eigenvalue weighted by Gasteiger charge is 2.14. The van der Waals surface area contributed by atoms with Crippen molar-refractivity contribution < 1.29 is 14.3 Å². The predicted molar refractivity (Wildman–Crippen MR) is 140 cm³/mol. The van der Waals surface area contributed by atoms with Gasteiger partial charge in [-0.25, -0.2) is 5.43 Å². The van der Waals surface area contributed by atoms with Gasteiger partial charge in [0, 0.05) is 5.56 Å². The number of carbonyl (C=O) groups is 1. The second-order valence-corrected chi connectivity index (χ2v) is 8.06. The molecular formula is C29H24N4O3. The van der Waals surface area contributed by atoms with Gasteiger partial charge in [-0.05, 0) is 64.4 Å². The molecule has 4 aromatic carbocycles. The number of aromatic nitrogens is 2. The summed E-state index contributed by atoms with van der Waals surface area (Å²) in [6.45, 7) is 0.413. The molecule has 5 rings (SSSR count). The van der Waals surface area contributed by atoms with Gasteiger partial charge in [-0.15, -0.1) is 0 Å². The molecule has 0 bridgehead atoms. The Bertz CT molecular complexity index is 1520. The van der Waals surface area contributed by atoms with Gasteiger partial charge >= 0.3 is 0 Å². The van der Waals surface area contributed by atoms with Crippen molar-refractivity contribution in [3.05, 3.63) is 114 Å². The lowest BCUT2D eigenvalue weighted by Gasteiger charge is -2.12. The number of H-pyrrole nitrogens is 1. The van der Waals surface area contributed by atoms with E-state index in [2.05, 4.69) is 45.0 Å². The van der Waals surface area contributed by atoms with Crippen LogP contribution in [0.5, 0.6) is 11.5 Å². The average Bonchev–Trinajstić information content (AvgIpc) is 3.43. The zero-order valence-corrected chi connectivity index (χ0v) is 19.6. The summed E-state index contributed by atoms with van der Waals surface area (Å²) in [7, 11) is 1.61. The third-order valence-electron chi connectivity index (χ3n) is 5.74. The number of carbonyl (C=O) groups excluding carboxylic acids is 1. The van der Waals surface area contributed by atoms with E-state index in [0.29, 0.717) is 23.7 Å². The Balaban J connectivity index is 1.28. The molecule has 0 aliphatic rings. The van der Waals surface area contributed by atoms with Crippen LogP contribution in [-0.2, 0) is 6.61 Å². The number of ether oxygens (including phenoxy) is 2. The van der Waals surface area contributed by atoms with E-state index in [1.807, 2.05) is 66.7 Å². The van der Waals surface area contributed by atoms with Crippen LogP contribution in [0.15, 0.2) is 102 Å². The topological polar surface area (TPSA) is 88.6 Å². The Morgan fingerprint density at radius 1 is 0.972 bits per heavy atom. The van der Waals surface area contributed by atoms with E-state index in [-0.39, 0.29) is 0 Å². The molecule has 7 nitrogen and oxygen atoms in total. The smallest absolute Gasteiger partial charge is 0.289 e. The van der Waals surface area contributed by atoms with Gasteiger partial charge in [-0.1, -0.05) is 54.6 Å². The first-order valence-corrected chi connectivity index (χ1v) is 11.4. The molecule has 0 spiro atoms. The van der Waals surface area contributed by atoms with Gasteiger partial charge in [0.05, 0.1) is 19.0 Å². The Kier molecular flexibility index (Phi) is 6.71. The first kappa shape index (κ1) is 22.9. The van der Waals surface area contributed by atoms with Crippen LogP contribution in [0.1, 0.15) is 21.6 Å². The molecule has 178 valence electrons. The summed E-state index contributed by atoms with van der Waals surface area (Å²) in [4.78, 5) is 12.6. The van der Waals surface area contributed by atoms with Crippen molar-refractivity contribution in [3.63, 3.8) is 0 Å². The molecule has 2 N–H and O–H groups in total. The minimum Gasteiger partial charge on any atom is -0.497 e. The van der Waals surface area contributed by atoms with Crippen LogP contribution in [0.25, 0.3) is 22.0 Å². The van der Waals surface area contributed by atoms with Gasteiger partial charge in [0.1, 0.15) is 23.8 Å². The van der Waals surface area contributed by atoms with Crippen molar-refractivity contribution in [1.82, 2.24) is 15.6 Å². The second kappa shape index (κ2) is 10.6. The number of amides is 1. The molecule has 36 heavy (non-hydrogen) atoms. The summed E-state index contributed by atoms with van der Waals surface area (Å²) < 4.78 is 11.3. The standard InChI is InChI=1S/C29H24N4O3/c1-35-23-15-13-20(14-16-23)18-30-33-29(34)27-17-26(31-32-27)25-11-4-5-12-28(25)36-19-22-9-6-8-21-7-2-3-10-24(21)22/h2-18H,19H2,1H3,(H,31,32)(H,33,34)/b30-18-. The molecule has 0 unspecified atom stereocenters. The molecule has 1 aromatic heterocycles. The van der Waals surface area contributed by atoms with Gasteiger partial charge < -0.3 is 9.47 Å². The first-order chi connectivity index (χ1) is 17.7. The Morgan fingerprint density at radius 2 is 1.75 bits per heavy atom. The van der Waals surface area contributed by atoms with Crippen LogP contribution < -0.4 is 14.9 Å². The van der Waals surface area contributed by atoms with Crippen molar-refractivity contribution in [1.29, 1.82) is 0 Å². The normalized spacial score (nSPS) is 11.0. The van der Waals surface area contributed by atoms with Crippen LogP contribution >= 0.6 is 0 Å². The first-order valence-electron chi connectivity index (χ1n) is 11.4. The molecule has 0 saturated carbocycles. The molecule has 0 aliphatic heterocycles. The Morgan fingerprint density at radius 3 is 2.61 bits per heavy atom. The number of fused-ring (bicyclic) bond motifs is 1. The Labute approximate surface area is 208 Å². The molecular weight excluding hydrogens is 452 g/mol. The molecule has 0 fully saturated rings. The average molecular weight is 477 g/mol. The van der Waals surface area contributed by atoms with Crippen molar-refractivity contribution >= 4 is 22.9 Å². The van der Waals surface area contributed by atoms with Crippen molar-refractivity contribution in [2.45, 2.75) is 6.61 Å². The largest absolute Gasteiger partial charge is 0.497 e. The number of nitrogens with one attached hydrogen (secondary N) is 2. The summed E-state index contributed by atoms with van der Waals surface area (Å²) in [5.41, 5.74) is 6.13. The summed E-state index contributed by atoms with van der Waals surface area (Å²) in [6.07, 6.45) is 1.56. The third kappa shape index (κ3) is 5.10. The van der Waals surface area contributed by atoms with E-state index in [1.165, 1.54) is 5.39 Å². The maximum absolute atomic E-state index is 12.6. The lowest BCUT2D eigenvalue weighted by Crippen LogP contribution is -2.17. The highest BCUT2D eigenvalue weighted by molar-refractivity contribution is 5.94. The number of hydrogen-bond donors (Lipinski definition) is 2.